The van der Waals surface area contributed by atoms with E-state index in [1.807, 2.05) is 4.90 Å². The number of alkyl halides is 1. The molecule has 2 N–H and O–H groups in total. The Bertz CT molecular complexity index is 2000. The Hall–Kier alpha value is -4.02. The molecule has 3 atom stereocenters. The first kappa shape index (κ1) is 34.1. The van der Waals surface area contributed by atoms with Gasteiger partial charge in [-0.2, -0.15) is 15.6 Å². The minimum absolute atomic E-state index is 0.103. The van der Waals surface area contributed by atoms with Gasteiger partial charge in [0.15, 0.2) is 23.2 Å². The number of halogens is 2. The minimum atomic E-state index is -0.854. The lowest BCUT2D eigenvalue weighted by Crippen LogP contribution is -2.59. The molecule has 268 valence electrons. The molecule has 5 aliphatic rings. The molecule has 3 saturated heterocycles. The molecule has 3 fully saturated rings. The van der Waals surface area contributed by atoms with Crippen LogP contribution in [0.1, 0.15) is 88.5 Å². The summed E-state index contributed by atoms with van der Waals surface area (Å²) in [5.41, 5.74) is 8.58. The van der Waals surface area contributed by atoms with Crippen LogP contribution >= 0.6 is 22.9 Å². The largest absolute Gasteiger partial charge is 0.389 e. The molecule has 0 aromatic carbocycles. The van der Waals surface area contributed by atoms with Crippen LogP contribution in [-0.2, 0) is 29.8 Å². The van der Waals surface area contributed by atoms with Crippen molar-refractivity contribution in [2.24, 2.45) is 0 Å². The molecule has 16 heteroatoms. The summed E-state index contributed by atoms with van der Waals surface area (Å²) < 4.78 is 22.6. The molecule has 3 aromatic rings. The van der Waals surface area contributed by atoms with Crippen LogP contribution < -0.4 is 15.5 Å². The number of thiophene rings is 1. The fourth-order valence-electron chi connectivity index (χ4n) is 9.25. The fraction of sp³-hybridized carbons (Fsp3) is 0.600. The summed E-state index contributed by atoms with van der Waals surface area (Å²) >= 11 is 8.32. The Morgan fingerprint density at radius 1 is 1.12 bits per heavy atom. The highest BCUT2D eigenvalue weighted by Crippen LogP contribution is 2.57. The van der Waals surface area contributed by atoms with Crippen molar-refractivity contribution >= 4 is 45.5 Å². The number of rotatable bonds is 7. The number of hydrogen-bond acceptors (Lipinski definition) is 12. The number of fused-ring (bicyclic) bond motifs is 4. The number of amides is 1. The molecule has 1 spiro atoms. The Morgan fingerprint density at radius 3 is 2.59 bits per heavy atom. The standard InChI is InChI=1S/C35H41ClFN11O2S/c1-20-10-34(26-22(12-38)30(40)51-29(20)26)17-46(18-34)32-23(13-39)31(41-25(42-32)16-50-19-35-6-4-8-47(35)14-21(37)11-35)45-7-5-9-48-24(15-45)27(36)28(43-48)33(49)44(2)3/h20-21H,4-11,14-19,40H2,1-3H3/t20?,21?,35-/m0/s1. The highest BCUT2D eigenvalue weighted by molar-refractivity contribution is 7.16. The lowest BCUT2D eigenvalue weighted by atomic mass is 9.73. The van der Waals surface area contributed by atoms with E-state index < -0.39 is 6.17 Å². The summed E-state index contributed by atoms with van der Waals surface area (Å²) in [4.78, 5) is 31.8. The third-order valence-corrected chi connectivity index (χ3v) is 13.1. The van der Waals surface area contributed by atoms with Gasteiger partial charge in [0.25, 0.3) is 5.91 Å². The van der Waals surface area contributed by atoms with Crippen LogP contribution in [0.3, 0.4) is 0 Å². The quantitative estimate of drug-likeness (QED) is 0.372. The van der Waals surface area contributed by atoms with Gasteiger partial charge in [0.1, 0.15) is 35.5 Å². The molecule has 7 heterocycles. The minimum Gasteiger partial charge on any atom is -0.389 e. The zero-order chi connectivity index (χ0) is 35.8. The van der Waals surface area contributed by atoms with Crippen LogP contribution in [0.25, 0.3) is 0 Å². The second-order valence-corrected chi connectivity index (χ2v) is 16.5. The number of aromatic nitrogens is 4. The number of carbonyl (C=O) groups excluding carboxylic acids is 1. The molecular weight excluding hydrogens is 693 g/mol. The van der Waals surface area contributed by atoms with Crippen molar-refractivity contribution in [3.63, 3.8) is 0 Å². The van der Waals surface area contributed by atoms with Crippen LogP contribution in [-0.4, -0.2) is 101 Å². The Kier molecular flexibility index (Phi) is 8.41. The first-order valence-electron chi connectivity index (χ1n) is 17.5. The Morgan fingerprint density at radius 2 is 1.86 bits per heavy atom. The van der Waals surface area contributed by atoms with Gasteiger partial charge in [0, 0.05) is 69.1 Å². The molecule has 4 aliphatic heterocycles. The van der Waals surface area contributed by atoms with E-state index in [2.05, 4.69) is 34.0 Å². The maximum atomic E-state index is 14.5. The van der Waals surface area contributed by atoms with Crippen LogP contribution in [0.2, 0.25) is 5.02 Å². The summed E-state index contributed by atoms with van der Waals surface area (Å²) in [5.74, 6) is 1.42. The number of nitrogens with zero attached hydrogens (tertiary/aromatic N) is 10. The molecule has 0 saturated carbocycles. The van der Waals surface area contributed by atoms with Gasteiger partial charge in [-0.15, -0.1) is 11.3 Å². The van der Waals surface area contributed by atoms with Gasteiger partial charge in [-0.05, 0) is 43.7 Å². The zero-order valence-electron chi connectivity index (χ0n) is 29.1. The summed E-state index contributed by atoms with van der Waals surface area (Å²) in [6, 6.07) is 4.77. The van der Waals surface area contributed by atoms with Gasteiger partial charge in [0.2, 0.25) is 0 Å². The maximum Gasteiger partial charge on any atom is 0.275 e. The lowest BCUT2D eigenvalue weighted by molar-refractivity contribution is 0.0236. The average molecular weight is 734 g/mol. The molecule has 3 aromatic heterocycles. The van der Waals surface area contributed by atoms with Crippen LogP contribution in [0.4, 0.5) is 21.0 Å². The van der Waals surface area contributed by atoms with E-state index >= 15 is 0 Å². The van der Waals surface area contributed by atoms with Crippen molar-refractivity contribution in [2.45, 2.75) is 81.8 Å². The number of nitrogens with two attached hydrogens (primary N) is 1. The van der Waals surface area contributed by atoms with Gasteiger partial charge in [-0.25, -0.2) is 14.4 Å². The first-order valence-corrected chi connectivity index (χ1v) is 18.7. The van der Waals surface area contributed by atoms with E-state index in [0.29, 0.717) is 103 Å². The summed E-state index contributed by atoms with van der Waals surface area (Å²) in [6.07, 6.45) is 3.11. The van der Waals surface area contributed by atoms with Crippen molar-refractivity contribution in [3.05, 3.63) is 43.8 Å². The maximum absolute atomic E-state index is 14.5. The van der Waals surface area contributed by atoms with Gasteiger partial charge < -0.3 is 25.2 Å². The summed E-state index contributed by atoms with van der Waals surface area (Å²) in [7, 11) is 3.32. The predicted molar refractivity (Wildman–Crippen MR) is 191 cm³/mol. The number of anilines is 3. The molecule has 51 heavy (non-hydrogen) atoms. The van der Waals surface area contributed by atoms with Crippen molar-refractivity contribution in [1.82, 2.24) is 29.5 Å². The average Bonchev–Trinajstić information content (AvgIpc) is 3.82. The number of nitrogen functional groups attached to an aromatic ring is 1. The number of hydrogen-bond donors (Lipinski definition) is 1. The van der Waals surface area contributed by atoms with Crippen molar-refractivity contribution in [2.75, 3.05) is 69.0 Å². The van der Waals surface area contributed by atoms with E-state index in [0.717, 1.165) is 31.4 Å². The smallest absolute Gasteiger partial charge is 0.275 e. The summed E-state index contributed by atoms with van der Waals surface area (Å²) in [6.45, 7) is 6.58. The molecule has 1 aliphatic carbocycles. The van der Waals surface area contributed by atoms with Crippen molar-refractivity contribution < 1.29 is 13.9 Å². The Balaban J connectivity index is 1.14. The highest BCUT2D eigenvalue weighted by atomic mass is 35.5. The fourth-order valence-corrected chi connectivity index (χ4v) is 10.7. The molecule has 8 rings (SSSR count). The molecule has 2 unspecified atom stereocenters. The normalized spacial score (nSPS) is 24.8. The SMILES string of the molecule is CC1CC2(CN(c3nc(COC[C@@]45CCCN4CC(F)C5)nc(N4CCCn5nc(C(=O)N(C)C)c(Cl)c5C4)c3C#N)C2)c2c1sc(N)c2C#N. The lowest BCUT2D eigenvalue weighted by Gasteiger charge is -2.50. The molecule has 0 radical (unpaired) electrons. The molecule has 0 bridgehead atoms. The predicted octanol–water partition coefficient (Wildman–Crippen LogP) is 4.18. The van der Waals surface area contributed by atoms with Gasteiger partial charge in [0.05, 0.1) is 29.4 Å². The molecular formula is C35H41ClFN11O2S. The number of aryl methyl sites for hydroxylation is 1. The van der Waals surface area contributed by atoms with Gasteiger partial charge >= 0.3 is 0 Å². The topological polar surface area (TPSA) is 156 Å². The monoisotopic (exact) mass is 733 g/mol. The van der Waals surface area contributed by atoms with Gasteiger partial charge in [-0.3, -0.25) is 14.4 Å². The van der Waals surface area contributed by atoms with Crippen molar-refractivity contribution in [1.29, 1.82) is 10.5 Å². The molecule has 13 nitrogen and oxygen atoms in total. The number of nitriles is 2. The Labute approximate surface area is 305 Å². The van der Waals surface area contributed by atoms with Crippen molar-refractivity contribution in [3.8, 4) is 12.1 Å². The van der Waals surface area contributed by atoms with E-state index in [4.69, 9.17) is 32.0 Å². The zero-order valence-corrected chi connectivity index (χ0v) is 30.7. The first-order chi connectivity index (χ1) is 24.5. The van der Waals surface area contributed by atoms with Gasteiger partial charge in [-0.1, -0.05) is 18.5 Å². The molecule has 1 amide bonds. The van der Waals surface area contributed by atoms with E-state index in [1.54, 1.807) is 18.8 Å². The van der Waals surface area contributed by atoms with E-state index in [9.17, 15) is 19.7 Å². The number of ether oxygens (including phenoxy) is 1. The second kappa shape index (κ2) is 12.6. The van der Waals surface area contributed by atoms with E-state index in [1.165, 1.54) is 21.1 Å². The van der Waals surface area contributed by atoms with E-state index in [-0.39, 0.29) is 35.1 Å². The third-order valence-electron chi connectivity index (χ3n) is 11.5. The second-order valence-electron chi connectivity index (χ2n) is 15.1. The highest BCUT2D eigenvalue weighted by Gasteiger charge is 2.54. The summed E-state index contributed by atoms with van der Waals surface area (Å²) in [5, 5.41) is 26.2. The van der Waals surface area contributed by atoms with Crippen LogP contribution in [0, 0.1) is 22.7 Å². The van der Waals surface area contributed by atoms with Crippen LogP contribution in [0.15, 0.2) is 0 Å². The van der Waals surface area contributed by atoms with Crippen LogP contribution in [0.5, 0.6) is 0 Å². The third kappa shape index (κ3) is 5.43. The number of carbonyl (C=O) groups is 1.